The number of aliphatic carboxylic acids is 1. The molecule has 1 unspecified atom stereocenters. The van der Waals surface area contributed by atoms with Gasteiger partial charge >= 0.3 is 5.97 Å². The third-order valence-corrected chi connectivity index (χ3v) is 3.14. The Labute approximate surface area is 124 Å². The van der Waals surface area contributed by atoms with Gasteiger partial charge in [0.25, 0.3) is 0 Å². The van der Waals surface area contributed by atoms with Gasteiger partial charge in [-0.25, -0.2) is 4.79 Å². The van der Waals surface area contributed by atoms with Crippen LogP contribution in [-0.2, 0) is 16.0 Å². The third kappa shape index (κ3) is 5.83. The Morgan fingerprint density at radius 1 is 1.24 bits per heavy atom. The van der Waals surface area contributed by atoms with E-state index in [9.17, 15) is 9.59 Å². The number of nitrogens with zero attached hydrogens (tertiary/aromatic N) is 1. The van der Waals surface area contributed by atoms with Crippen molar-refractivity contribution in [3.8, 4) is 0 Å². The number of hydrogen-bond acceptors (Lipinski definition) is 4. The van der Waals surface area contributed by atoms with Crippen molar-refractivity contribution in [2.24, 2.45) is 0 Å². The summed E-state index contributed by atoms with van der Waals surface area (Å²) in [7, 11) is 3.94. The first kappa shape index (κ1) is 17.0. The van der Waals surface area contributed by atoms with Crippen molar-refractivity contribution in [2.45, 2.75) is 25.3 Å². The van der Waals surface area contributed by atoms with Crippen molar-refractivity contribution in [1.29, 1.82) is 0 Å². The molecule has 0 fully saturated rings. The maximum atomic E-state index is 11.6. The normalized spacial score (nSPS) is 11.8. The largest absolute Gasteiger partial charge is 0.480 e. The Kier molecular flexibility index (Phi) is 6.68. The number of aliphatic hydroxyl groups is 1. The van der Waals surface area contributed by atoms with E-state index >= 15 is 0 Å². The van der Waals surface area contributed by atoms with Crippen molar-refractivity contribution in [3.05, 3.63) is 29.8 Å². The van der Waals surface area contributed by atoms with Gasteiger partial charge in [-0.1, -0.05) is 12.1 Å². The van der Waals surface area contributed by atoms with Gasteiger partial charge in [-0.15, -0.1) is 0 Å². The fourth-order valence-electron chi connectivity index (χ4n) is 1.87. The van der Waals surface area contributed by atoms with Crippen LogP contribution in [0.25, 0.3) is 0 Å². The van der Waals surface area contributed by atoms with Crippen molar-refractivity contribution < 1.29 is 19.8 Å². The second-order valence-electron chi connectivity index (χ2n) is 5.06. The minimum atomic E-state index is -1.23. The van der Waals surface area contributed by atoms with E-state index in [1.165, 1.54) is 0 Å². The molecule has 1 rings (SSSR count). The molecule has 0 spiro atoms. The van der Waals surface area contributed by atoms with E-state index in [-0.39, 0.29) is 12.3 Å². The maximum Gasteiger partial charge on any atom is 0.328 e. The molecule has 0 saturated heterocycles. The summed E-state index contributed by atoms with van der Waals surface area (Å²) in [5, 5.41) is 19.8. The summed E-state index contributed by atoms with van der Waals surface area (Å²) in [5.74, 6) is -1.59. The van der Waals surface area contributed by atoms with Gasteiger partial charge in [0.15, 0.2) is 0 Å². The fourth-order valence-corrected chi connectivity index (χ4v) is 1.87. The van der Waals surface area contributed by atoms with Crippen molar-refractivity contribution in [2.75, 3.05) is 25.6 Å². The van der Waals surface area contributed by atoms with E-state index in [1.807, 2.05) is 43.3 Å². The molecule has 0 heterocycles. The molecule has 0 aliphatic heterocycles. The van der Waals surface area contributed by atoms with Gasteiger partial charge in [0, 0.05) is 26.2 Å². The van der Waals surface area contributed by atoms with Crippen molar-refractivity contribution in [3.63, 3.8) is 0 Å². The van der Waals surface area contributed by atoms with Crippen LogP contribution in [0.3, 0.4) is 0 Å². The van der Waals surface area contributed by atoms with Gasteiger partial charge in [-0.2, -0.15) is 0 Å². The molecular weight excluding hydrogens is 272 g/mol. The smallest absolute Gasteiger partial charge is 0.328 e. The standard InChI is InChI=1S/C15H22N2O4/c1-17(2)12-8-6-11(7-9-12)4-3-5-14(19)16-13(10-18)15(20)21/h6-9,13,18H,3-5,10H2,1-2H3,(H,16,19)(H,20,21). The molecule has 0 aromatic heterocycles. The molecule has 116 valence electrons. The van der Waals surface area contributed by atoms with E-state index in [0.29, 0.717) is 6.42 Å². The number of carboxylic acid groups (broad SMARTS) is 1. The van der Waals surface area contributed by atoms with Crippen LogP contribution in [0.15, 0.2) is 24.3 Å². The highest BCUT2D eigenvalue weighted by atomic mass is 16.4. The van der Waals surface area contributed by atoms with Gasteiger partial charge in [-0.3, -0.25) is 4.79 Å². The van der Waals surface area contributed by atoms with Crippen LogP contribution in [0.2, 0.25) is 0 Å². The highest BCUT2D eigenvalue weighted by Gasteiger charge is 2.18. The first-order chi connectivity index (χ1) is 9.93. The summed E-state index contributed by atoms with van der Waals surface area (Å²) in [6, 6.07) is 6.84. The zero-order valence-electron chi connectivity index (χ0n) is 12.4. The number of carboxylic acids is 1. The Morgan fingerprint density at radius 3 is 2.33 bits per heavy atom. The molecule has 1 aromatic carbocycles. The second-order valence-corrected chi connectivity index (χ2v) is 5.06. The van der Waals surface area contributed by atoms with Gasteiger partial charge < -0.3 is 20.4 Å². The number of rotatable bonds is 8. The van der Waals surface area contributed by atoms with Crippen molar-refractivity contribution in [1.82, 2.24) is 5.32 Å². The van der Waals surface area contributed by atoms with E-state index in [0.717, 1.165) is 17.7 Å². The number of hydrogen-bond donors (Lipinski definition) is 3. The van der Waals surface area contributed by atoms with Crippen LogP contribution in [0, 0.1) is 0 Å². The molecule has 6 heteroatoms. The SMILES string of the molecule is CN(C)c1ccc(CCCC(=O)NC(CO)C(=O)O)cc1. The Hall–Kier alpha value is -2.08. The second kappa shape index (κ2) is 8.26. The van der Waals surface area contributed by atoms with Crippen LogP contribution >= 0.6 is 0 Å². The Balaban J connectivity index is 2.36. The Bertz CT molecular complexity index is 471. The summed E-state index contributed by atoms with van der Waals surface area (Å²) < 4.78 is 0. The molecule has 0 saturated carbocycles. The molecule has 21 heavy (non-hydrogen) atoms. The van der Waals surface area contributed by atoms with E-state index in [1.54, 1.807) is 0 Å². The zero-order chi connectivity index (χ0) is 15.8. The lowest BCUT2D eigenvalue weighted by Crippen LogP contribution is -2.43. The lowest BCUT2D eigenvalue weighted by atomic mass is 10.1. The van der Waals surface area contributed by atoms with Crippen LogP contribution < -0.4 is 10.2 Å². The summed E-state index contributed by atoms with van der Waals surface area (Å²) in [6.45, 7) is -0.604. The average molecular weight is 294 g/mol. The monoisotopic (exact) mass is 294 g/mol. The molecule has 0 radical (unpaired) electrons. The van der Waals surface area contributed by atoms with E-state index < -0.39 is 18.6 Å². The predicted octanol–water partition coefficient (Wildman–Crippen LogP) is 0.637. The van der Waals surface area contributed by atoms with E-state index in [2.05, 4.69) is 5.32 Å². The molecule has 1 amide bonds. The lowest BCUT2D eigenvalue weighted by Gasteiger charge is -2.13. The highest BCUT2D eigenvalue weighted by Crippen LogP contribution is 2.13. The van der Waals surface area contributed by atoms with Crippen LogP contribution in [0.4, 0.5) is 5.69 Å². The topological polar surface area (TPSA) is 89.9 Å². The molecular formula is C15H22N2O4. The average Bonchev–Trinajstić information content (AvgIpc) is 2.45. The summed E-state index contributed by atoms with van der Waals surface area (Å²) >= 11 is 0. The molecule has 1 atom stereocenters. The first-order valence-corrected chi connectivity index (χ1v) is 6.83. The van der Waals surface area contributed by atoms with Crippen molar-refractivity contribution >= 4 is 17.6 Å². The highest BCUT2D eigenvalue weighted by molar-refractivity contribution is 5.83. The van der Waals surface area contributed by atoms with Gasteiger partial charge in [-0.05, 0) is 30.5 Å². The quantitative estimate of drug-likeness (QED) is 0.654. The summed E-state index contributed by atoms with van der Waals surface area (Å²) in [4.78, 5) is 24.2. The first-order valence-electron chi connectivity index (χ1n) is 6.83. The van der Waals surface area contributed by atoms with Crippen LogP contribution in [0.1, 0.15) is 18.4 Å². The minimum absolute atomic E-state index is 0.235. The zero-order valence-corrected chi connectivity index (χ0v) is 12.4. The summed E-state index contributed by atoms with van der Waals surface area (Å²) in [6.07, 6.45) is 1.61. The number of amides is 1. The number of aryl methyl sites for hydroxylation is 1. The molecule has 3 N–H and O–H groups in total. The predicted molar refractivity (Wildman–Crippen MR) is 80.4 cm³/mol. The molecule has 0 aliphatic rings. The number of benzene rings is 1. The van der Waals surface area contributed by atoms with Gasteiger partial charge in [0.2, 0.25) is 5.91 Å². The summed E-state index contributed by atoms with van der Waals surface area (Å²) in [5.41, 5.74) is 2.24. The van der Waals surface area contributed by atoms with Gasteiger partial charge in [0.1, 0.15) is 6.04 Å². The lowest BCUT2D eigenvalue weighted by molar-refractivity contribution is -0.142. The number of aliphatic hydroxyl groups excluding tert-OH is 1. The number of anilines is 1. The maximum absolute atomic E-state index is 11.6. The molecule has 1 aromatic rings. The molecule has 0 bridgehead atoms. The van der Waals surface area contributed by atoms with E-state index in [4.69, 9.17) is 10.2 Å². The number of carbonyl (C=O) groups is 2. The molecule has 6 nitrogen and oxygen atoms in total. The number of nitrogens with one attached hydrogen (secondary N) is 1. The van der Waals surface area contributed by atoms with Crippen LogP contribution in [-0.4, -0.2) is 48.8 Å². The van der Waals surface area contributed by atoms with Crippen LogP contribution in [0.5, 0.6) is 0 Å². The fraction of sp³-hybridized carbons (Fsp3) is 0.467. The molecule has 0 aliphatic carbocycles. The Morgan fingerprint density at radius 2 is 1.86 bits per heavy atom. The van der Waals surface area contributed by atoms with Gasteiger partial charge in [0.05, 0.1) is 6.61 Å². The third-order valence-electron chi connectivity index (χ3n) is 3.14. The number of carbonyl (C=O) groups excluding carboxylic acids is 1. The minimum Gasteiger partial charge on any atom is -0.480 e.